The van der Waals surface area contributed by atoms with Crippen LogP contribution in [-0.4, -0.2) is 33.0 Å². The van der Waals surface area contributed by atoms with Crippen LogP contribution in [0.4, 0.5) is 0 Å². The molecule has 0 spiro atoms. The van der Waals surface area contributed by atoms with Crippen molar-refractivity contribution >= 4 is 16.9 Å². The average Bonchev–Trinajstić information content (AvgIpc) is 2.50. The number of hydrogen-bond donors (Lipinski definition) is 1. The second kappa shape index (κ2) is 5.45. The number of fused-ring (bicyclic) bond motifs is 1. The maximum atomic E-state index is 11.7. The lowest BCUT2D eigenvalue weighted by Crippen LogP contribution is -2.54. The Morgan fingerprint density at radius 1 is 1.33 bits per heavy atom. The van der Waals surface area contributed by atoms with E-state index in [0.717, 1.165) is 35.9 Å². The molecule has 1 fully saturated rings. The van der Waals surface area contributed by atoms with Crippen LogP contribution >= 0.6 is 0 Å². The standard InChI is InChI=1S/C17H20N2O2/c1-17(16(20)21)9-2-3-11-19(17)12-14-7-4-6-13-8-5-10-18-15(13)14/h4-8,10H,2-3,9,11-12H2,1H3,(H,20,21). The summed E-state index contributed by atoms with van der Waals surface area (Å²) >= 11 is 0. The highest BCUT2D eigenvalue weighted by molar-refractivity contribution is 5.82. The summed E-state index contributed by atoms with van der Waals surface area (Å²) in [6.45, 7) is 3.30. The van der Waals surface area contributed by atoms with Gasteiger partial charge in [0, 0.05) is 18.1 Å². The van der Waals surface area contributed by atoms with Gasteiger partial charge in [0.1, 0.15) is 5.54 Å². The third-order valence-corrected chi connectivity index (χ3v) is 4.58. The van der Waals surface area contributed by atoms with E-state index in [0.29, 0.717) is 13.0 Å². The van der Waals surface area contributed by atoms with Crippen molar-refractivity contribution in [2.75, 3.05) is 6.54 Å². The van der Waals surface area contributed by atoms with Gasteiger partial charge in [0.2, 0.25) is 0 Å². The van der Waals surface area contributed by atoms with Crippen molar-refractivity contribution in [1.29, 1.82) is 0 Å². The van der Waals surface area contributed by atoms with Crippen LogP contribution in [0.3, 0.4) is 0 Å². The van der Waals surface area contributed by atoms with Gasteiger partial charge >= 0.3 is 5.97 Å². The highest BCUT2D eigenvalue weighted by atomic mass is 16.4. The largest absolute Gasteiger partial charge is 0.480 e. The SMILES string of the molecule is CC1(C(=O)O)CCCCN1Cc1cccc2cccnc12. The summed E-state index contributed by atoms with van der Waals surface area (Å²) in [7, 11) is 0. The summed E-state index contributed by atoms with van der Waals surface area (Å²) in [5.41, 5.74) is 1.30. The van der Waals surface area contributed by atoms with E-state index >= 15 is 0 Å². The number of carboxylic acid groups (broad SMARTS) is 1. The van der Waals surface area contributed by atoms with Gasteiger partial charge in [-0.15, -0.1) is 0 Å². The third-order valence-electron chi connectivity index (χ3n) is 4.58. The Bertz CT molecular complexity index is 665. The maximum Gasteiger partial charge on any atom is 0.323 e. The molecule has 4 heteroatoms. The Balaban J connectivity index is 1.95. The predicted octanol–water partition coefficient (Wildman–Crippen LogP) is 3.06. The number of para-hydroxylation sites is 1. The van der Waals surface area contributed by atoms with E-state index in [2.05, 4.69) is 9.88 Å². The molecule has 0 radical (unpaired) electrons. The van der Waals surface area contributed by atoms with E-state index in [1.165, 1.54) is 0 Å². The first-order valence-electron chi connectivity index (χ1n) is 7.42. The Morgan fingerprint density at radius 2 is 2.14 bits per heavy atom. The molecule has 3 rings (SSSR count). The number of benzene rings is 1. The fourth-order valence-electron chi connectivity index (χ4n) is 3.17. The Hall–Kier alpha value is -1.94. The van der Waals surface area contributed by atoms with Crippen LogP contribution in [0.1, 0.15) is 31.7 Å². The Labute approximate surface area is 124 Å². The predicted molar refractivity (Wildman–Crippen MR) is 82.0 cm³/mol. The maximum absolute atomic E-state index is 11.7. The monoisotopic (exact) mass is 284 g/mol. The van der Waals surface area contributed by atoms with Crippen molar-refractivity contribution in [1.82, 2.24) is 9.88 Å². The Morgan fingerprint density at radius 3 is 2.95 bits per heavy atom. The molecular weight excluding hydrogens is 264 g/mol. The average molecular weight is 284 g/mol. The van der Waals surface area contributed by atoms with Gasteiger partial charge < -0.3 is 5.11 Å². The number of likely N-dealkylation sites (tertiary alicyclic amines) is 1. The molecule has 110 valence electrons. The normalized spacial score (nSPS) is 23.3. The highest BCUT2D eigenvalue weighted by Crippen LogP contribution is 2.30. The molecule has 1 aliphatic heterocycles. The number of carboxylic acids is 1. The summed E-state index contributed by atoms with van der Waals surface area (Å²) in [4.78, 5) is 18.2. The van der Waals surface area contributed by atoms with Crippen molar-refractivity contribution in [3.05, 3.63) is 42.1 Å². The van der Waals surface area contributed by atoms with Crippen LogP contribution in [0.5, 0.6) is 0 Å². The third kappa shape index (κ3) is 2.51. The fraction of sp³-hybridized carbons (Fsp3) is 0.412. The minimum Gasteiger partial charge on any atom is -0.480 e. The number of aliphatic carboxylic acids is 1. The van der Waals surface area contributed by atoms with Crippen molar-refractivity contribution in [2.24, 2.45) is 0 Å². The van der Waals surface area contributed by atoms with Crippen LogP contribution in [0.25, 0.3) is 10.9 Å². The van der Waals surface area contributed by atoms with Crippen molar-refractivity contribution < 1.29 is 9.90 Å². The molecule has 2 aromatic rings. The zero-order valence-corrected chi connectivity index (χ0v) is 12.2. The van der Waals surface area contributed by atoms with Gasteiger partial charge in [-0.25, -0.2) is 0 Å². The molecular formula is C17H20N2O2. The van der Waals surface area contributed by atoms with Gasteiger partial charge in [0.25, 0.3) is 0 Å². The van der Waals surface area contributed by atoms with E-state index < -0.39 is 11.5 Å². The highest BCUT2D eigenvalue weighted by Gasteiger charge is 2.41. The molecule has 1 unspecified atom stereocenters. The van der Waals surface area contributed by atoms with Gasteiger partial charge in [-0.3, -0.25) is 14.7 Å². The van der Waals surface area contributed by atoms with Gasteiger partial charge in [-0.05, 0) is 44.4 Å². The van der Waals surface area contributed by atoms with Crippen LogP contribution in [-0.2, 0) is 11.3 Å². The van der Waals surface area contributed by atoms with Gasteiger partial charge in [-0.1, -0.05) is 24.3 Å². The molecule has 21 heavy (non-hydrogen) atoms. The van der Waals surface area contributed by atoms with Crippen molar-refractivity contribution in [3.63, 3.8) is 0 Å². The lowest BCUT2D eigenvalue weighted by atomic mass is 9.88. The first-order chi connectivity index (χ1) is 10.1. The summed E-state index contributed by atoms with van der Waals surface area (Å²) in [5.74, 6) is -0.726. The van der Waals surface area contributed by atoms with Gasteiger partial charge in [0.05, 0.1) is 5.52 Å². The van der Waals surface area contributed by atoms with Crippen LogP contribution in [0.15, 0.2) is 36.5 Å². The van der Waals surface area contributed by atoms with Crippen molar-refractivity contribution in [3.8, 4) is 0 Å². The number of pyridine rings is 1. The number of piperidine rings is 1. The molecule has 0 saturated carbocycles. The second-order valence-electron chi connectivity index (χ2n) is 5.95. The number of aromatic nitrogens is 1. The van der Waals surface area contributed by atoms with E-state index in [1.807, 2.05) is 37.3 Å². The zero-order chi connectivity index (χ0) is 14.9. The molecule has 1 aromatic heterocycles. The van der Waals surface area contributed by atoms with E-state index in [9.17, 15) is 9.90 Å². The Kier molecular flexibility index (Phi) is 3.64. The summed E-state index contributed by atoms with van der Waals surface area (Å²) in [6, 6.07) is 10.1. The lowest BCUT2D eigenvalue weighted by molar-refractivity contribution is -0.153. The van der Waals surface area contributed by atoms with Gasteiger partial charge in [0.15, 0.2) is 0 Å². The molecule has 4 nitrogen and oxygen atoms in total. The van der Waals surface area contributed by atoms with E-state index in [1.54, 1.807) is 6.20 Å². The summed E-state index contributed by atoms with van der Waals surface area (Å²) in [5, 5.41) is 10.7. The lowest BCUT2D eigenvalue weighted by Gasteiger charge is -2.41. The minimum absolute atomic E-state index is 0.636. The molecule has 1 aliphatic rings. The van der Waals surface area contributed by atoms with E-state index in [-0.39, 0.29) is 0 Å². The number of nitrogens with zero attached hydrogens (tertiary/aromatic N) is 2. The van der Waals surface area contributed by atoms with Crippen LogP contribution in [0.2, 0.25) is 0 Å². The quantitative estimate of drug-likeness (QED) is 0.941. The molecule has 1 N–H and O–H groups in total. The van der Waals surface area contributed by atoms with Crippen LogP contribution < -0.4 is 0 Å². The van der Waals surface area contributed by atoms with Crippen LogP contribution in [0, 0.1) is 0 Å². The number of carbonyl (C=O) groups is 1. The topological polar surface area (TPSA) is 53.4 Å². The smallest absolute Gasteiger partial charge is 0.323 e. The fourth-order valence-corrected chi connectivity index (χ4v) is 3.17. The van der Waals surface area contributed by atoms with E-state index in [4.69, 9.17) is 0 Å². The number of hydrogen-bond acceptors (Lipinski definition) is 3. The minimum atomic E-state index is -0.769. The molecule has 1 atom stereocenters. The molecule has 0 aliphatic carbocycles. The molecule has 0 bridgehead atoms. The summed E-state index contributed by atoms with van der Waals surface area (Å²) in [6.07, 6.45) is 4.53. The van der Waals surface area contributed by atoms with Crippen molar-refractivity contribution in [2.45, 2.75) is 38.3 Å². The molecule has 2 heterocycles. The second-order valence-corrected chi connectivity index (χ2v) is 5.95. The zero-order valence-electron chi connectivity index (χ0n) is 12.2. The number of rotatable bonds is 3. The first-order valence-corrected chi connectivity index (χ1v) is 7.42. The molecule has 1 aromatic carbocycles. The first kappa shape index (κ1) is 14.0. The summed E-state index contributed by atoms with van der Waals surface area (Å²) < 4.78 is 0. The molecule has 0 amide bonds. The van der Waals surface area contributed by atoms with Gasteiger partial charge in [-0.2, -0.15) is 0 Å². The molecule has 1 saturated heterocycles.